The monoisotopic (exact) mass is 387 g/mol. The third kappa shape index (κ3) is 4.54. The average Bonchev–Trinajstić information content (AvgIpc) is 3.05. The zero-order chi connectivity index (χ0) is 19.4. The van der Waals surface area contributed by atoms with Crippen LogP contribution in [0.3, 0.4) is 0 Å². The molecule has 0 aliphatic carbocycles. The van der Waals surface area contributed by atoms with Crippen LogP contribution in [0.2, 0.25) is 0 Å². The van der Waals surface area contributed by atoms with Crippen molar-refractivity contribution in [3.8, 4) is 11.1 Å². The molecule has 0 unspecified atom stereocenters. The Balaban J connectivity index is 1.66. The van der Waals surface area contributed by atoms with Crippen LogP contribution in [0.4, 0.5) is 0 Å². The average molecular weight is 387 g/mol. The highest BCUT2D eigenvalue weighted by atomic mass is 32.2. The first kappa shape index (κ1) is 19.1. The fraction of sp³-hybridized carbons (Fsp3) is 0.300. The fourth-order valence-electron chi connectivity index (χ4n) is 3.12. The van der Waals surface area contributed by atoms with Gasteiger partial charge in [-0.25, -0.2) is 13.2 Å². The first-order valence-electron chi connectivity index (χ1n) is 8.65. The molecule has 0 N–H and O–H groups in total. The van der Waals surface area contributed by atoms with E-state index in [1.54, 1.807) is 19.2 Å². The largest absolute Gasteiger partial charge is 0.452 e. The van der Waals surface area contributed by atoms with Gasteiger partial charge in [-0.2, -0.15) is 0 Å². The van der Waals surface area contributed by atoms with Crippen LogP contribution >= 0.6 is 0 Å². The van der Waals surface area contributed by atoms with Crippen LogP contribution in [0.15, 0.2) is 54.6 Å². The molecule has 1 fully saturated rings. The van der Waals surface area contributed by atoms with Crippen LogP contribution in [0.25, 0.3) is 11.1 Å². The fourth-order valence-corrected chi connectivity index (χ4v) is 4.90. The van der Waals surface area contributed by atoms with Crippen LogP contribution in [0, 0.1) is 0 Å². The van der Waals surface area contributed by atoms with Crippen LogP contribution in [-0.2, 0) is 19.4 Å². The summed E-state index contributed by atoms with van der Waals surface area (Å²) in [4.78, 5) is 26.1. The van der Waals surface area contributed by atoms with Crippen molar-refractivity contribution in [2.45, 2.75) is 12.5 Å². The van der Waals surface area contributed by atoms with Gasteiger partial charge in [0, 0.05) is 13.1 Å². The Morgan fingerprint density at radius 3 is 2.41 bits per heavy atom. The van der Waals surface area contributed by atoms with Gasteiger partial charge in [-0.15, -0.1) is 0 Å². The molecule has 142 valence electrons. The zero-order valence-electron chi connectivity index (χ0n) is 15.0. The highest BCUT2D eigenvalue weighted by molar-refractivity contribution is 7.91. The van der Waals surface area contributed by atoms with E-state index in [2.05, 4.69) is 0 Å². The Labute approximate surface area is 158 Å². The van der Waals surface area contributed by atoms with E-state index in [-0.39, 0.29) is 17.5 Å². The standard InChI is InChI=1S/C20H21NO5S/c1-21(16-11-12-27(24,25)14-16)19(22)13-26-20(23)18-10-6-5-9-17(18)15-7-3-2-4-8-15/h2-10,16H,11-14H2,1H3/t16-/m0/s1. The van der Waals surface area contributed by atoms with Gasteiger partial charge >= 0.3 is 5.97 Å². The molecule has 1 aliphatic rings. The molecule has 1 atom stereocenters. The Kier molecular flexibility index (Phi) is 5.60. The molecule has 0 bridgehead atoms. The van der Waals surface area contributed by atoms with E-state index in [0.29, 0.717) is 12.0 Å². The molecule has 0 saturated carbocycles. The minimum Gasteiger partial charge on any atom is -0.452 e. The molecule has 0 radical (unpaired) electrons. The molecule has 0 aromatic heterocycles. The van der Waals surface area contributed by atoms with Gasteiger partial charge in [-0.05, 0) is 23.6 Å². The van der Waals surface area contributed by atoms with E-state index in [9.17, 15) is 18.0 Å². The van der Waals surface area contributed by atoms with Gasteiger partial charge in [0.2, 0.25) is 0 Å². The summed E-state index contributed by atoms with van der Waals surface area (Å²) >= 11 is 0. The molecule has 27 heavy (non-hydrogen) atoms. The van der Waals surface area contributed by atoms with E-state index in [4.69, 9.17) is 4.74 Å². The van der Waals surface area contributed by atoms with Crippen molar-refractivity contribution in [3.63, 3.8) is 0 Å². The Bertz CT molecular complexity index is 940. The molecule has 1 saturated heterocycles. The summed E-state index contributed by atoms with van der Waals surface area (Å²) < 4.78 is 28.3. The number of likely N-dealkylation sites (N-methyl/N-ethyl adjacent to an activating group) is 1. The second-order valence-electron chi connectivity index (χ2n) is 6.55. The summed E-state index contributed by atoms with van der Waals surface area (Å²) in [5.74, 6) is -0.961. The first-order valence-corrected chi connectivity index (χ1v) is 10.5. The number of ether oxygens (including phenoxy) is 1. The van der Waals surface area contributed by atoms with Crippen molar-refractivity contribution in [3.05, 3.63) is 60.2 Å². The zero-order valence-corrected chi connectivity index (χ0v) is 15.8. The Morgan fingerprint density at radius 2 is 1.74 bits per heavy atom. The van der Waals surface area contributed by atoms with Crippen molar-refractivity contribution < 1.29 is 22.7 Å². The number of carbonyl (C=O) groups excluding carboxylic acids is 2. The molecular weight excluding hydrogens is 366 g/mol. The molecule has 1 heterocycles. The predicted molar refractivity (Wildman–Crippen MR) is 102 cm³/mol. The lowest BCUT2D eigenvalue weighted by Gasteiger charge is -2.23. The van der Waals surface area contributed by atoms with Gasteiger partial charge in [0.05, 0.1) is 17.1 Å². The van der Waals surface area contributed by atoms with Crippen molar-refractivity contribution in [1.29, 1.82) is 0 Å². The molecule has 2 aromatic carbocycles. The van der Waals surface area contributed by atoms with Crippen LogP contribution in [-0.4, -0.2) is 56.4 Å². The summed E-state index contributed by atoms with van der Waals surface area (Å²) in [6.07, 6.45) is 0.412. The minimum absolute atomic E-state index is 0.0416. The van der Waals surface area contributed by atoms with Crippen molar-refractivity contribution in [1.82, 2.24) is 4.90 Å². The molecule has 6 nitrogen and oxygen atoms in total. The second kappa shape index (κ2) is 7.92. The van der Waals surface area contributed by atoms with Crippen LogP contribution in [0.1, 0.15) is 16.8 Å². The van der Waals surface area contributed by atoms with Gasteiger partial charge in [0.1, 0.15) is 0 Å². The minimum atomic E-state index is -3.09. The number of carbonyl (C=O) groups is 2. The summed E-state index contributed by atoms with van der Waals surface area (Å²) in [6, 6.07) is 16.1. The van der Waals surface area contributed by atoms with E-state index >= 15 is 0 Å². The number of sulfone groups is 1. The number of hydrogen-bond acceptors (Lipinski definition) is 5. The maximum atomic E-state index is 12.5. The molecule has 0 spiro atoms. The quantitative estimate of drug-likeness (QED) is 0.735. The Morgan fingerprint density at radius 1 is 1.07 bits per heavy atom. The van der Waals surface area contributed by atoms with Crippen molar-refractivity contribution in [2.24, 2.45) is 0 Å². The second-order valence-corrected chi connectivity index (χ2v) is 8.78. The number of amides is 1. The lowest BCUT2D eigenvalue weighted by molar-refractivity contribution is -0.134. The molecule has 1 aliphatic heterocycles. The summed E-state index contributed by atoms with van der Waals surface area (Å²) in [6.45, 7) is -0.422. The number of nitrogens with zero attached hydrogens (tertiary/aromatic N) is 1. The molecule has 2 aromatic rings. The topological polar surface area (TPSA) is 80.8 Å². The number of hydrogen-bond donors (Lipinski definition) is 0. The SMILES string of the molecule is CN(C(=O)COC(=O)c1ccccc1-c1ccccc1)[C@H]1CCS(=O)(=O)C1. The third-order valence-corrected chi connectivity index (χ3v) is 6.46. The van der Waals surface area contributed by atoms with Gasteiger partial charge in [0.15, 0.2) is 16.4 Å². The molecule has 3 rings (SSSR count). The number of rotatable bonds is 5. The molecular formula is C20H21NO5S. The van der Waals surface area contributed by atoms with E-state index in [1.807, 2.05) is 42.5 Å². The van der Waals surface area contributed by atoms with Crippen LogP contribution in [0.5, 0.6) is 0 Å². The predicted octanol–water partition coefficient (Wildman–Crippen LogP) is 2.16. The van der Waals surface area contributed by atoms with Crippen molar-refractivity contribution >= 4 is 21.7 Å². The summed E-state index contributed by atoms with van der Waals surface area (Å²) in [7, 11) is -1.54. The maximum Gasteiger partial charge on any atom is 0.339 e. The lowest BCUT2D eigenvalue weighted by Crippen LogP contribution is -2.40. The maximum absolute atomic E-state index is 12.5. The number of esters is 1. The van der Waals surface area contributed by atoms with Gasteiger partial charge in [-0.1, -0.05) is 48.5 Å². The third-order valence-electron chi connectivity index (χ3n) is 4.71. The Hall–Kier alpha value is -2.67. The van der Waals surface area contributed by atoms with Gasteiger partial charge in [0.25, 0.3) is 5.91 Å². The summed E-state index contributed by atoms with van der Waals surface area (Å²) in [5.41, 5.74) is 1.98. The first-order chi connectivity index (χ1) is 12.9. The smallest absolute Gasteiger partial charge is 0.339 e. The molecule has 1 amide bonds. The number of benzene rings is 2. The highest BCUT2D eigenvalue weighted by Gasteiger charge is 2.33. The van der Waals surface area contributed by atoms with E-state index < -0.39 is 28.3 Å². The van der Waals surface area contributed by atoms with Crippen molar-refractivity contribution in [2.75, 3.05) is 25.2 Å². The summed E-state index contributed by atoms with van der Waals surface area (Å²) in [5, 5.41) is 0. The van der Waals surface area contributed by atoms with Crippen LogP contribution < -0.4 is 0 Å². The van der Waals surface area contributed by atoms with Gasteiger partial charge in [-0.3, -0.25) is 4.79 Å². The van der Waals surface area contributed by atoms with E-state index in [0.717, 1.165) is 11.1 Å². The van der Waals surface area contributed by atoms with Gasteiger partial charge < -0.3 is 9.64 Å². The lowest BCUT2D eigenvalue weighted by atomic mass is 10.00. The van der Waals surface area contributed by atoms with E-state index in [1.165, 1.54) is 4.90 Å². The normalized spacial score (nSPS) is 18.0. The highest BCUT2D eigenvalue weighted by Crippen LogP contribution is 2.24. The molecule has 7 heteroatoms.